The molecule has 102 valence electrons. The van der Waals surface area contributed by atoms with E-state index in [4.69, 9.17) is 17.3 Å². The fraction of sp³-hybridized carbons (Fsp3) is 0.154. The van der Waals surface area contributed by atoms with E-state index in [2.05, 4.69) is 20.2 Å². The predicted molar refractivity (Wildman–Crippen MR) is 80.0 cm³/mol. The molecular formula is C13H12ClN5S. The van der Waals surface area contributed by atoms with Gasteiger partial charge in [-0.2, -0.15) is 5.10 Å². The monoisotopic (exact) mass is 305 g/mol. The fourth-order valence-corrected chi connectivity index (χ4v) is 2.54. The highest BCUT2D eigenvalue weighted by Crippen LogP contribution is 2.14. The van der Waals surface area contributed by atoms with Gasteiger partial charge in [-0.25, -0.2) is 9.97 Å². The summed E-state index contributed by atoms with van der Waals surface area (Å²) in [4.78, 5) is 8.65. The molecule has 0 bridgehead atoms. The molecule has 2 heterocycles. The molecule has 0 fully saturated rings. The number of rotatable bonds is 4. The maximum Gasteiger partial charge on any atom is 0.180 e. The molecule has 20 heavy (non-hydrogen) atoms. The van der Waals surface area contributed by atoms with E-state index in [1.165, 1.54) is 11.3 Å². The summed E-state index contributed by atoms with van der Waals surface area (Å²) in [5.41, 5.74) is 7.63. The normalized spacial score (nSPS) is 10.8. The molecular weight excluding hydrogens is 294 g/mol. The fourth-order valence-electron chi connectivity index (χ4n) is 1.85. The number of benzene rings is 1. The summed E-state index contributed by atoms with van der Waals surface area (Å²) in [6.07, 6.45) is 1.29. The van der Waals surface area contributed by atoms with Crippen LogP contribution in [0.15, 0.2) is 29.6 Å². The number of anilines is 1. The molecule has 7 heteroatoms. The Morgan fingerprint density at radius 2 is 1.95 bits per heavy atom. The standard InChI is InChI=1S/C13H12ClN5S/c14-9-3-1-8(2-4-9)5-11-17-12(19-18-11)6-10-7-20-13(15)16-10/h1-4,7H,5-6H2,(H2,15,16)(H,17,18,19). The maximum absolute atomic E-state index is 5.86. The highest BCUT2D eigenvalue weighted by molar-refractivity contribution is 7.13. The van der Waals surface area contributed by atoms with Crippen LogP contribution >= 0.6 is 22.9 Å². The molecule has 1 aromatic carbocycles. The summed E-state index contributed by atoms with van der Waals surface area (Å²) in [6, 6.07) is 7.69. The average molecular weight is 306 g/mol. The van der Waals surface area contributed by atoms with Crippen molar-refractivity contribution in [3.05, 3.63) is 57.6 Å². The summed E-state index contributed by atoms with van der Waals surface area (Å²) >= 11 is 7.28. The van der Waals surface area contributed by atoms with Gasteiger partial charge in [-0.3, -0.25) is 5.10 Å². The number of nitrogens with one attached hydrogen (secondary N) is 1. The van der Waals surface area contributed by atoms with Crippen LogP contribution in [0.2, 0.25) is 5.02 Å². The van der Waals surface area contributed by atoms with Crippen LogP contribution in [0.3, 0.4) is 0 Å². The quantitative estimate of drug-likeness (QED) is 0.776. The average Bonchev–Trinajstić information content (AvgIpc) is 3.02. The van der Waals surface area contributed by atoms with Crippen LogP contribution in [0.25, 0.3) is 0 Å². The van der Waals surface area contributed by atoms with E-state index >= 15 is 0 Å². The molecule has 5 nitrogen and oxygen atoms in total. The lowest BCUT2D eigenvalue weighted by atomic mass is 10.1. The van der Waals surface area contributed by atoms with Gasteiger partial charge in [0, 0.05) is 16.8 Å². The molecule has 0 saturated heterocycles. The van der Waals surface area contributed by atoms with Crippen molar-refractivity contribution in [2.24, 2.45) is 0 Å². The van der Waals surface area contributed by atoms with Crippen molar-refractivity contribution in [2.75, 3.05) is 5.73 Å². The Kier molecular flexibility index (Phi) is 3.66. The zero-order valence-electron chi connectivity index (χ0n) is 10.5. The van der Waals surface area contributed by atoms with Gasteiger partial charge in [0.15, 0.2) is 11.0 Å². The summed E-state index contributed by atoms with van der Waals surface area (Å²) in [6.45, 7) is 0. The Labute approximate surface area is 124 Å². The minimum atomic E-state index is 0.567. The smallest absolute Gasteiger partial charge is 0.180 e. The molecule has 3 N–H and O–H groups in total. The Morgan fingerprint density at radius 1 is 1.15 bits per heavy atom. The Bertz CT molecular complexity index is 704. The van der Waals surface area contributed by atoms with Crippen molar-refractivity contribution >= 4 is 28.1 Å². The molecule has 3 rings (SSSR count). The van der Waals surface area contributed by atoms with Crippen LogP contribution in [0.1, 0.15) is 22.9 Å². The molecule has 0 atom stereocenters. The van der Waals surface area contributed by atoms with Gasteiger partial charge in [0.1, 0.15) is 5.82 Å². The van der Waals surface area contributed by atoms with Crippen molar-refractivity contribution < 1.29 is 0 Å². The van der Waals surface area contributed by atoms with Gasteiger partial charge in [0.05, 0.1) is 12.1 Å². The van der Waals surface area contributed by atoms with Gasteiger partial charge in [0.2, 0.25) is 0 Å². The van der Waals surface area contributed by atoms with E-state index in [0.29, 0.717) is 18.0 Å². The molecule has 0 unspecified atom stereocenters. The first-order valence-electron chi connectivity index (χ1n) is 6.03. The number of nitrogens with two attached hydrogens (primary N) is 1. The van der Waals surface area contributed by atoms with E-state index in [0.717, 1.165) is 27.9 Å². The number of H-pyrrole nitrogens is 1. The van der Waals surface area contributed by atoms with Crippen molar-refractivity contribution in [3.8, 4) is 0 Å². The molecule has 0 spiro atoms. The largest absolute Gasteiger partial charge is 0.375 e. The second-order valence-corrected chi connectivity index (χ2v) is 5.68. The van der Waals surface area contributed by atoms with Crippen LogP contribution in [-0.4, -0.2) is 20.2 Å². The van der Waals surface area contributed by atoms with Crippen LogP contribution in [0, 0.1) is 0 Å². The topological polar surface area (TPSA) is 80.5 Å². The lowest BCUT2D eigenvalue weighted by molar-refractivity contribution is 0.946. The highest BCUT2D eigenvalue weighted by Gasteiger charge is 2.07. The van der Waals surface area contributed by atoms with E-state index in [1.807, 2.05) is 29.6 Å². The number of halogens is 1. The van der Waals surface area contributed by atoms with Gasteiger partial charge in [0.25, 0.3) is 0 Å². The minimum Gasteiger partial charge on any atom is -0.375 e. The maximum atomic E-state index is 5.86. The summed E-state index contributed by atoms with van der Waals surface area (Å²) in [5, 5.41) is 10.4. The van der Waals surface area contributed by atoms with Crippen molar-refractivity contribution in [1.29, 1.82) is 0 Å². The van der Waals surface area contributed by atoms with Crippen LogP contribution in [-0.2, 0) is 12.8 Å². The number of nitrogen functional groups attached to an aromatic ring is 1. The first kappa shape index (κ1) is 13.1. The van der Waals surface area contributed by atoms with Crippen LogP contribution < -0.4 is 5.73 Å². The van der Waals surface area contributed by atoms with E-state index < -0.39 is 0 Å². The molecule has 0 radical (unpaired) electrons. The third-order valence-corrected chi connectivity index (χ3v) is 3.75. The van der Waals surface area contributed by atoms with Crippen LogP contribution in [0.5, 0.6) is 0 Å². The van der Waals surface area contributed by atoms with E-state index in [9.17, 15) is 0 Å². The Morgan fingerprint density at radius 3 is 2.65 bits per heavy atom. The van der Waals surface area contributed by atoms with Crippen molar-refractivity contribution in [1.82, 2.24) is 20.2 Å². The third-order valence-electron chi connectivity index (χ3n) is 2.77. The highest BCUT2D eigenvalue weighted by atomic mass is 35.5. The predicted octanol–water partition coefficient (Wildman–Crippen LogP) is 2.68. The number of hydrogen-bond donors (Lipinski definition) is 2. The lowest BCUT2D eigenvalue weighted by Gasteiger charge is -1.97. The number of nitrogens with zero attached hydrogens (tertiary/aromatic N) is 3. The van der Waals surface area contributed by atoms with Gasteiger partial charge in [-0.1, -0.05) is 23.7 Å². The van der Waals surface area contributed by atoms with Gasteiger partial charge in [-0.15, -0.1) is 11.3 Å². The SMILES string of the molecule is Nc1nc(Cc2n[nH]c(Cc3ccc(Cl)cc3)n2)cs1. The van der Waals surface area contributed by atoms with Gasteiger partial charge < -0.3 is 5.73 Å². The molecule has 0 saturated carbocycles. The second-order valence-electron chi connectivity index (χ2n) is 4.36. The van der Waals surface area contributed by atoms with E-state index in [-0.39, 0.29) is 0 Å². The first-order valence-corrected chi connectivity index (χ1v) is 7.29. The molecule has 0 aliphatic carbocycles. The van der Waals surface area contributed by atoms with Crippen molar-refractivity contribution in [2.45, 2.75) is 12.8 Å². The molecule has 0 amide bonds. The number of aromatic amines is 1. The summed E-state index contributed by atoms with van der Waals surface area (Å²) in [5.74, 6) is 1.55. The molecule has 0 aliphatic rings. The zero-order valence-corrected chi connectivity index (χ0v) is 12.1. The Balaban J connectivity index is 1.68. The molecule has 2 aromatic heterocycles. The van der Waals surface area contributed by atoms with Gasteiger partial charge >= 0.3 is 0 Å². The van der Waals surface area contributed by atoms with Crippen molar-refractivity contribution in [3.63, 3.8) is 0 Å². The lowest BCUT2D eigenvalue weighted by Crippen LogP contribution is -1.93. The number of thiazole rings is 1. The summed E-state index contributed by atoms with van der Waals surface area (Å²) < 4.78 is 0. The minimum absolute atomic E-state index is 0.567. The second kappa shape index (κ2) is 5.60. The first-order chi connectivity index (χ1) is 9.69. The van der Waals surface area contributed by atoms with Crippen LogP contribution in [0.4, 0.5) is 5.13 Å². The number of hydrogen-bond acceptors (Lipinski definition) is 5. The number of aromatic nitrogens is 4. The molecule has 0 aliphatic heterocycles. The van der Waals surface area contributed by atoms with E-state index in [1.54, 1.807) is 0 Å². The third kappa shape index (κ3) is 3.15. The molecule has 3 aromatic rings. The van der Waals surface area contributed by atoms with Gasteiger partial charge in [-0.05, 0) is 17.7 Å². The Hall–Kier alpha value is -1.92. The zero-order chi connectivity index (χ0) is 13.9. The summed E-state index contributed by atoms with van der Waals surface area (Å²) in [7, 11) is 0.